The van der Waals surface area contributed by atoms with Gasteiger partial charge in [-0.15, -0.1) is 0 Å². The average Bonchev–Trinajstić information content (AvgIpc) is 3.30. The molecule has 3 aromatic rings. The zero-order valence-corrected chi connectivity index (χ0v) is 15.5. The van der Waals surface area contributed by atoms with Gasteiger partial charge < -0.3 is 5.32 Å². The van der Waals surface area contributed by atoms with Gasteiger partial charge in [0.2, 0.25) is 5.91 Å². The summed E-state index contributed by atoms with van der Waals surface area (Å²) in [5, 5.41) is 11.9. The molecule has 0 aliphatic heterocycles. The standard InChI is InChI=1S/C20H24N6O/c1-3-19(27)23-17-6-4-5-14(10-17)16-9-15(11-18-7-8-25(2)24-18)20-21-13-22-26(20)12-16/h3,7-9,12-14,17H,1,4-6,10-11H2,2H3,(H,23,27)/t14-,17-/m0/s1. The highest BCUT2D eigenvalue weighted by Crippen LogP contribution is 2.34. The Labute approximate surface area is 158 Å². The van der Waals surface area contributed by atoms with E-state index < -0.39 is 0 Å². The predicted molar refractivity (Wildman–Crippen MR) is 102 cm³/mol. The summed E-state index contributed by atoms with van der Waals surface area (Å²) in [4.78, 5) is 16.1. The van der Waals surface area contributed by atoms with Crippen LogP contribution in [0, 0.1) is 0 Å². The van der Waals surface area contributed by atoms with Gasteiger partial charge in [-0.05, 0) is 49.0 Å². The molecule has 140 valence electrons. The van der Waals surface area contributed by atoms with Gasteiger partial charge in [-0.3, -0.25) is 9.48 Å². The maximum absolute atomic E-state index is 11.7. The zero-order chi connectivity index (χ0) is 18.8. The van der Waals surface area contributed by atoms with Crippen LogP contribution in [0.2, 0.25) is 0 Å². The van der Waals surface area contributed by atoms with E-state index in [0.29, 0.717) is 5.92 Å². The Balaban J connectivity index is 1.61. The fourth-order valence-corrected chi connectivity index (χ4v) is 4.01. The van der Waals surface area contributed by atoms with Gasteiger partial charge >= 0.3 is 0 Å². The number of hydrogen-bond donors (Lipinski definition) is 1. The Hall–Kier alpha value is -2.96. The number of carbonyl (C=O) groups is 1. The highest BCUT2D eigenvalue weighted by molar-refractivity contribution is 5.87. The van der Waals surface area contributed by atoms with Crippen molar-refractivity contribution in [2.75, 3.05) is 0 Å². The molecule has 0 saturated heterocycles. The van der Waals surface area contributed by atoms with E-state index in [1.807, 2.05) is 28.5 Å². The Morgan fingerprint density at radius 3 is 3.11 bits per heavy atom. The van der Waals surface area contributed by atoms with Crippen LogP contribution in [0.4, 0.5) is 0 Å². The molecule has 1 amide bonds. The van der Waals surface area contributed by atoms with E-state index >= 15 is 0 Å². The van der Waals surface area contributed by atoms with E-state index in [0.717, 1.165) is 49.0 Å². The summed E-state index contributed by atoms with van der Waals surface area (Å²) in [6.07, 6.45) is 11.8. The first kappa shape index (κ1) is 17.5. The monoisotopic (exact) mass is 364 g/mol. The summed E-state index contributed by atoms with van der Waals surface area (Å²) in [5.74, 6) is 0.299. The number of hydrogen-bond acceptors (Lipinski definition) is 4. The van der Waals surface area contributed by atoms with Gasteiger partial charge in [0, 0.05) is 37.5 Å². The SMILES string of the molecule is C=CC(=O)N[C@H]1CCC[C@H](c2cc(Cc3ccn(C)n3)c3ncnn3c2)C1. The first-order chi connectivity index (χ1) is 13.1. The molecule has 7 nitrogen and oxygen atoms in total. The van der Waals surface area contributed by atoms with Crippen molar-refractivity contribution < 1.29 is 4.79 Å². The molecule has 0 radical (unpaired) electrons. The number of fused-ring (bicyclic) bond motifs is 1. The Kier molecular flexibility index (Phi) is 4.75. The highest BCUT2D eigenvalue weighted by Gasteiger charge is 2.25. The van der Waals surface area contributed by atoms with Crippen LogP contribution in [0.5, 0.6) is 0 Å². The minimum Gasteiger partial charge on any atom is -0.350 e. The second-order valence-electron chi connectivity index (χ2n) is 7.26. The van der Waals surface area contributed by atoms with Gasteiger partial charge in [0.05, 0.1) is 5.69 Å². The molecule has 0 aromatic carbocycles. The molecule has 1 N–H and O–H groups in total. The van der Waals surface area contributed by atoms with E-state index in [4.69, 9.17) is 0 Å². The van der Waals surface area contributed by atoms with Crippen LogP contribution in [-0.2, 0) is 18.3 Å². The van der Waals surface area contributed by atoms with Crippen molar-refractivity contribution in [1.29, 1.82) is 0 Å². The summed E-state index contributed by atoms with van der Waals surface area (Å²) >= 11 is 0. The quantitative estimate of drug-likeness (QED) is 0.705. The molecule has 27 heavy (non-hydrogen) atoms. The van der Waals surface area contributed by atoms with Crippen LogP contribution in [0.1, 0.15) is 48.4 Å². The Morgan fingerprint density at radius 2 is 2.33 bits per heavy atom. The normalized spacial score (nSPS) is 19.9. The molecule has 1 saturated carbocycles. The van der Waals surface area contributed by atoms with Gasteiger partial charge in [-0.2, -0.15) is 10.2 Å². The van der Waals surface area contributed by atoms with Gasteiger partial charge in [0.25, 0.3) is 0 Å². The third-order valence-corrected chi connectivity index (χ3v) is 5.29. The molecule has 1 aliphatic rings. The maximum atomic E-state index is 11.7. The van der Waals surface area contributed by atoms with Crippen molar-refractivity contribution in [3.63, 3.8) is 0 Å². The molecule has 3 heterocycles. The summed E-state index contributed by atoms with van der Waals surface area (Å²) in [6, 6.07) is 4.46. The molecule has 1 fully saturated rings. The molecule has 3 aromatic heterocycles. The van der Waals surface area contributed by atoms with E-state index in [1.165, 1.54) is 11.6 Å². The maximum Gasteiger partial charge on any atom is 0.243 e. The van der Waals surface area contributed by atoms with Crippen LogP contribution in [-0.4, -0.2) is 36.3 Å². The molecule has 0 bridgehead atoms. The fraction of sp³-hybridized carbons (Fsp3) is 0.400. The minimum absolute atomic E-state index is 0.0942. The zero-order valence-electron chi connectivity index (χ0n) is 15.5. The summed E-state index contributed by atoms with van der Waals surface area (Å²) in [7, 11) is 1.92. The smallest absolute Gasteiger partial charge is 0.243 e. The predicted octanol–water partition coefficient (Wildman–Crippen LogP) is 2.38. The highest BCUT2D eigenvalue weighted by atomic mass is 16.1. The Morgan fingerprint density at radius 1 is 1.44 bits per heavy atom. The van der Waals surface area contributed by atoms with Crippen molar-refractivity contribution in [3.05, 3.63) is 60.3 Å². The van der Waals surface area contributed by atoms with E-state index in [1.54, 1.807) is 6.33 Å². The first-order valence-corrected chi connectivity index (χ1v) is 9.36. The average molecular weight is 364 g/mol. The van der Waals surface area contributed by atoms with Crippen molar-refractivity contribution >= 4 is 11.6 Å². The number of nitrogens with one attached hydrogen (secondary N) is 1. The van der Waals surface area contributed by atoms with Gasteiger partial charge in [-0.25, -0.2) is 9.50 Å². The summed E-state index contributed by atoms with van der Waals surface area (Å²) < 4.78 is 3.67. The fourth-order valence-electron chi connectivity index (χ4n) is 4.01. The third kappa shape index (κ3) is 3.77. The first-order valence-electron chi connectivity index (χ1n) is 9.36. The lowest BCUT2D eigenvalue weighted by molar-refractivity contribution is -0.117. The minimum atomic E-state index is -0.0942. The van der Waals surface area contributed by atoms with Gasteiger partial charge in [0.1, 0.15) is 6.33 Å². The van der Waals surface area contributed by atoms with Crippen molar-refractivity contribution in [2.45, 2.75) is 44.1 Å². The number of nitrogens with zero attached hydrogens (tertiary/aromatic N) is 5. The lowest BCUT2D eigenvalue weighted by Crippen LogP contribution is -2.37. The van der Waals surface area contributed by atoms with Crippen LogP contribution >= 0.6 is 0 Å². The lowest BCUT2D eigenvalue weighted by atomic mass is 9.81. The van der Waals surface area contributed by atoms with E-state index in [2.05, 4.69) is 39.3 Å². The third-order valence-electron chi connectivity index (χ3n) is 5.29. The van der Waals surface area contributed by atoms with E-state index in [-0.39, 0.29) is 11.9 Å². The van der Waals surface area contributed by atoms with Crippen LogP contribution < -0.4 is 5.32 Å². The topological polar surface area (TPSA) is 77.1 Å². The number of aromatic nitrogens is 5. The number of aryl methyl sites for hydroxylation is 1. The number of carbonyl (C=O) groups excluding carboxylic acids is 1. The lowest BCUT2D eigenvalue weighted by Gasteiger charge is -2.30. The Bertz CT molecular complexity index is 972. The van der Waals surface area contributed by atoms with Crippen molar-refractivity contribution in [1.82, 2.24) is 29.7 Å². The molecule has 4 rings (SSSR count). The molecule has 2 atom stereocenters. The number of amides is 1. The van der Waals surface area contributed by atoms with Crippen molar-refractivity contribution in [3.8, 4) is 0 Å². The summed E-state index contributed by atoms with van der Waals surface area (Å²) in [6.45, 7) is 3.55. The van der Waals surface area contributed by atoms with Crippen LogP contribution in [0.25, 0.3) is 5.65 Å². The van der Waals surface area contributed by atoms with Gasteiger partial charge in [0.15, 0.2) is 5.65 Å². The van der Waals surface area contributed by atoms with Crippen molar-refractivity contribution in [2.24, 2.45) is 7.05 Å². The molecule has 0 spiro atoms. The second-order valence-corrected chi connectivity index (χ2v) is 7.26. The molecule has 7 heteroatoms. The molecule has 0 unspecified atom stereocenters. The van der Waals surface area contributed by atoms with Crippen LogP contribution in [0.3, 0.4) is 0 Å². The van der Waals surface area contributed by atoms with Crippen LogP contribution in [0.15, 0.2) is 43.5 Å². The number of pyridine rings is 1. The van der Waals surface area contributed by atoms with Gasteiger partial charge in [-0.1, -0.05) is 13.0 Å². The molecular weight excluding hydrogens is 340 g/mol. The molecular formula is C20H24N6O. The largest absolute Gasteiger partial charge is 0.350 e. The second kappa shape index (κ2) is 7.34. The number of rotatable bonds is 5. The van der Waals surface area contributed by atoms with E-state index in [9.17, 15) is 4.79 Å². The summed E-state index contributed by atoms with van der Waals surface area (Å²) in [5.41, 5.74) is 4.26. The molecule has 1 aliphatic carbocycles.